The van der Waals surface area contributed by atoms with Gasteiger partial charge in [0, 0.05) is 7.05 Å². The maximum atomic E-state index is 12.3. The van der Waals surface area contributed by atoms with Crippen LogP contribution in [0.25, 0.3) is 10.2 Å². The molecule has 2 aromatic heterocycles. The van der Waals surface area contributed by atoms with Crippen molar-refractivity contribution in [3.8, 4) is 0 Å². The van der Waals surface area contributed by atoms with Gasteiger partial charge in [0.25, 0.3) is 0 Å². The molecule has 0 bridgehead atoms. The Balaban J connectivity index is 2.76. The van der Waals surface area contributed by atoms with E-state index in [1.54, 1.807) is 11.4 Å². The molecule has 2 heterocycles. The summed E-state index contributed by atoms with van der Waals surface area (Å²) in [6.45, 7) is 0. The molecule has 0 fully saturated rings. The van der Waals surface area contributed by atoms with Gasteiger partial charge in [-0.15, -0.1) is 11.3 Å². The zero-order valence-electron chi connectivity index (χ0n) is 6.59. The lowest BCUT2D eigenvalue weighted by Crippen LogP contribution is -2.06. The Bertz CT molecular complexity index is 440. The number of hydrogen-bond acceptors (Lipinski definition) is 2. The highest BCUT2D eigenvalue weighted by Crippen LogP contribution is 2.36. The number of aromatic nitrogens is 2. The van der Waals surface area contributed by atoms with E-state index in [1.165, 1.54) is 11.7 Å². The summed E-state index contributed by atoms with van der Waals surface area (Å²) in [4.78, 5) is 0. The number of alkyl halides is 3. The van der Waals surface area contributed by atoms with Crippen molar-refractivity contribution in [3.05, 3.63) is 17.1 Å². The first-order valence-corrected chi connectivity index (χ1v) is 4.35. The van der Waals surface area contributed by atoms with E-state index in [1.807, 2.05) is 0 Å². The van der Waals surface area contributed by atoms with Crippen molar-refractivity contribution in [3.63, 3.8) is 0 Å². The number of aryl methyl sites for hydroxylation is 1. The van der Waals surface area contributed by atoms with Gasteiger partial charge >= 0.3 is 6.18 Å². The van der Waals surface area contributed by atoms with Crippen molar-refractivity contribution in [1.29, 1.82) is 0 Å². The minimum absolute atomic E-state index is 0.204. The third-order valence-electron chi connectivity index (χ3n) is 1.73. The first-order valence-electron chi connectivity index (χ1n) is 3.47. The molecule has 0 aliphatic heterocycles. The highest BCUT2D eigenvalue weighted by atomic mass is 32.1. The van der Waals surface area contributed by atoms with E-state index in [9.17, 15) is 13.2 Å². The van der Waals surface area contributed by atoms with Crippen LogP contribution in [-0.2, 0) is 13.2 Å². The zero-order valence-corrected chi connectivity index (χ0v) is 7.41. The average molecular weight is 206 g/mol. The van der Waals surface area contributed by atoms with Gasteiger partial charge in [-0.05, 0) is 11.4 Å². The van der Waals surface area contributed by atoms with Crippen molar-refractivity contribution >= 4 is 21.6 Å². The van der Waals surface area contributed by atoms with Crippen LogP contribution in [0.5, 0.6) is 0 Å². The lowest BCUT2D eigenvalue weighted by atomic mass is 10.4. The van der Waals surface area contributed by atoms with Crippen LogP contribution < -0.4 is 0 Å². The van der Waals surface area contributed by atoms with E-state index >= 15 is 0 Å². The van der Waals surface area contributed by atoms with Crippen LogP contribution in [0.1, 0.15) is 5.69 Å². The fourth-order valence-electron chi connectivity index (χ4n) is 1.17. The van der Waals surface area contributed by atoms with Gasteiger partial charge in [0.1, 0.15) is 0 Å². The molecule has 0 saturated heterocycles. The summed E-state index contributed by atoms with van der Waals surface area (Å²) >= 11 is 1.06. The Hall–Kier alpha value is -1.04. The van der Waals surface area contributed by atoms with Crippen molar-refractivity contribution in [2.45, 2.75) is 6.18 Å². The molecule has 0 unspecified atom stereocenters. The molecule has 70 valence electrons. The molecule has 0 aliphatic carbocycles. The van der Waals surface area contributed by atoms with Crippen LogP contribution >= 0.6 is 11.3 Å². The van der Waals surface area contributed by atoms with E-state index in [0.717, 1.165) is 11.3 Å². The summed E-state index contributed by atoms with van der Waals surface area (Å²) in [6.07, 6.45) is -4.36. The minimum atomic E-state index is -4.36. The number of rotatable bonds is 0. The van der Waals surface area contributed by atoms with E-state index in [2.05, 4.69) is 5.10 Å². The molecule has 0 saturated carbocycles. The van der Waals surface area contributed by atoms with Crippen LogP contribution in [0, 0.1) is 0 Å². The van der Waals surface area contributed by atoms with Crippen LogP contribution in [0.15, 0.2) is 11.4 Å². The molecule has 0 aromatic carbocycles. The third-order valence-corrected chi connectivity index (χ3v) is 2.64. The average Bonchev–Trinajstić information content (AvgIpc) is 2.51. The van der Waals surface area contributed by atoms with E-state index < -0.39 is 11.9 Å². The smallest absolute Gasteiger partial charge is 0.266 e. The standard InChI is InChI=1S/C7H5F3N2S/c1-12-4-2-3-13-5(4)6(11-12)7(8,9)10/h2-3H,1H3. The molecule has 0 spiro atoms. The maximum Gasteiger partial charge on any atom is 0.436 e. The molecular weight excluding hydrogens is 201 g/mol. The first kappa shape index (κ1) is 8.55. The van der Waals surface area contributed by atoms with Crippen LogP contribution in [0.2, 0.25) is 0 Å². The van der Waals surface area contributed by atoms with Crippen LogP contribution in [0.4, 0.5) is 13.2 Å². The lowest BCUT2D eigenvalue weighted by molar-refractivity contribution is -0.140. The second kappa shape index (κ2) is 2.47. The van der Waals surface area contributed by atoms with E-state index in [0.29, 0.717) is 5.52 Å². The Kier molecular flexibility index (Phi) is 1.63. The highest BCUT2D eigenvalue weighted by Gasteiger charge is 2.36. The number of fused-ring (bicyclic) bond motifs is 1. The van der Waals surface area contributed by atoms with Gasteiger partial charge < -0.3 is 0 Å². The molecule has 2 rings (SSSR count). The van der Waals surface area contributed by atoms with Gasteiger partial charge in [-0.3, -0.25) is 4.68 Å². The van der Waals surface area contributed by atoms with Crippen molar-refractivity contribution < 1.29 is 13.2 Å². The minimum Gasteiger partial charge on any atom is -0.266 e. The summed E-state index contributed by atoms with van der Waals surface area (Å²) in [7, 11) is 1.50. The Labute approximate surface area is 75.6 Å². The second-order valence-electron chi connectivity index (χ2n) is 2.60. The number of halogens is 3. The SMILES string of the molecule is Cn1nc(C(F)(F)F)c2sccc21. The van der Waals surface area contributed by atoms with Gasteiger partial charge in [0.15, 0.2) is 5.69 Å². The van der Waals surface area contributed by atoms with Crippen molar-refractivity contribution in [1.82, 2.24) is 9.78 Å². The van der Waals surface area contributed by atoms with Crippen molar-refractivity contribution in [2.24, 2.45) is 7.05 Å². The van der Waals surface area contributed by atoms with Gasteiger partial charge in [0.05, 0.1) is 10.2 Å². The molecule has 0 N–H and O–H groups in total. The molecule has 0 amide bonds. The predicted octanol–water partition coefficient (Wildman–Crippen LogP) is 2.65. The quantitative estimate of drug-likeness (QED) is 0.648. The lowest BCUT2D eigenvalue weighted by Gasteiger charge is -2.00. The molecule has 2 nitrogen and oxygen atoms in total. The summed E-state index contributed by atoms with van der Waals surface area (Å²) in [5.74, 6) is 0. The Morgan fingerprint density at radius 1 is 1.46 bits per heavy atom. The van der Waals surface area contributed by atoms with Gasteiger partial charge in [-0.1, -0.05) is 0 Å². The fourth-order valence-corrected chi connectivity index (χ4v) is 2.09. The summed E-state index contributed by atoms with van der Waals surface area (Å²) < 4.78 is 38.5. The number of thiophene rings is 1. The number of nitrogens with zero attached hydrogens (tertiary/aromatic N) is 2. The van der Waals surface area contributed by atoms with Crippen LogP contribution in [0.3, 0.4) is 0 Å². The maximum absolute atomic E-state index is 12.3. The molecule has 0 atom stereocenters. The monoisotopic (exact) mass is 206 g/mol. The molecule has 13 heavy (non-hydrogen) atoms. The predicted molar refractivity (Wildman–Crippen MR) is 43.6 cm³/mol. The topological polar surface area (TPSA) is 17.8 Å². The molecular formula is C7H5F3N2S. The fraction of sp³-hybridized carbons (Fsp3) is 0.286. The molecule has 2 aromatic rings. The normalized spacial score (nSPS) is 12.6. The second-order valence-corrected chi connectivity index (χ2v) is 3.52. The zero-order chi connectivity index (χ0) is 9.64. The molecule has 0 radical (unpaired) electrons. The van der Waals surface area contributed by atoms with Gasteiger partial charge in [-0.2, -0.15) is 18.3 Å². The summed E-state index contributed by atoms with van der Waals surface area (Å²) in [6, 6.07) is 1.63. The third kappa shape index (κ3) is 1.21. The number of hydrogen-bond donors (Lipinski definition) is 0. The first-order chi connectivity index (χ1) is 6.00. The van der Waals surface area contributed by atoms with Crippen LogP contribution in [-0.4, -0.2) is 9.78 Å². The van der Waals surface area contributed by atoms with E-state index in [-0.39, 0.29) is 4.70 Å². The largest absolute Gasteiger partial charge is 0.436 e. The highest BCUT2D eigenvalue weighted by molar-refractivity contribution is 7.17. The van der Waals surface area contributed by atoms with Crippen molar-refractivity contribution in [2.75, 3.05) is 0 Å². The Morgan fingerprint density at radius 2 is 2.15 bits per heavy atom. The summed E-state index contributed by atoms with van der Waals surface area (Å²) in [5.41, 5.74) is -0.266. The molecule has 0 aliphatic rings. The summed E-state index contributed by atoms with van der Waals surface area (Å²) in [5, 5.41) is 5.05. The van der Waals surface area contributed by atoms with Gasteiger partial charge in [0.2, 0.25) is 0 Å². The Morgan fingerprint density at radius 3 is 2.77 bits per heavy atom. The molecule has 6 heteroatoms. The van der Waals surface area contributed by atoms with Gasteiger partial charge in [-0.25, -0.2) is 0 Å². The van der Waals surface area contributed by atoms with E-state index in [4.69, 9.17) is 0 Å².